The van der Waals surface area contributed by atoms with E-state index in [1.165, 1.54) is 30.6 Å². The Morgan fingerprint density at radius 3 is 2.62 bits per heavy atom. The molecule has 0 amide bonds. The maximum absolute atomic E-state index is 12.9. The molecule has 1 aromatic carbocycles. The van der Waals surface area contributed by atoms with Crippen molar-refractivity contribution in [3.05, 3.63) is 34.8 Å². The van der Waals surface area contributed by atoms with Crippen LogP contribution in [0.15, 0.2) is 29.2 Å². The second-order valence-corrected chi connectivity index (χ2v) is 12.4. The van der Waals surface area contributed by atoms with Crippen LogP contribution in [0.5, 0.6) is 5.75 Å². The highest BCUT2D eigenvalue weighted by Gasteiger charge is 2.58. The summed E-state index contributed by atoms with van der Waals surface area (Å²) in [6.07, 6.45) is 2.77. The first-order valence-electron chi connectivity index (χ1n) is 11.0. The van der Waals surface area contributed by atoms with Gasteiger partial charge in [0, 0.05) is 22.6 Å². The minimum Gasteiger partial charge on any atom is -0.497 e. The number of rotatable bonds is 4. The SMILES string of the molecule is COc1ccc(S(=O)(=O)Nc2nc3c(s2)CC2(C)CCC4C(C)C(=O)OC4C2C3C)cc1. The molecule has 9 heteroatoms. The normalized spacial score (nSPS) is 33.6. The first kappa shape index (κ1) is 21.7. The molecule has 6 atom stereocenters. The van der Waals surface area contributed by atoms with E-state index in [4.69, 9.17) is 14.5 Å². The van der Waals surface area contributed by atoms with Gasteiger partial charge in [0.05, 0.1) is 23.6 Å². The van der Waals surface area contributed by atoms with E-state index in [9.17, 15) is 13.2 Å². The summed E-state index contributed by atoms with van der Waals surface area (Å²) < 4.78 is 39.4. The maximum atomic E-state index is 12.9. The molecule has 1 saturated carbocycles. The number of carbonyl (C=O) groups is 1. The van der Waals surface area contributed by atoms with E-state index in [2.05, 4.69) is 18.6 Å². The molecular formula is C23H28N2O5S2. The van der Waals surface area contributed by atoms with Crippen molar-refractivity contribution in [2.24, 2.45) is 23.2 Å². The topological polar surface area (TPSA) is 94.6 Å². The van der Waals surface area contributed by atoms with E-state index in [0.29, 0.717) is 10.9 Å². The zero-order valence-corrected chi connectivity index (χ0v) is 20.3. The molecule has 172 valence electrons. The number of ether oxygens (including phenoxy) is 2. The molecule has 2 fully saturated rings. The van der Waals surface area contributed by atoms with Crippen molar-refractivity contribution in [2.45, 2.75) is 57.0 Å². The van der Waals surface area contributed by atoms with Gasteiger partial charge in [0.1, 0.15) is 11.9 Å². The van der Waals surface area contributed by atoms with E-state index in [-0.39, 0.29) is 46.1 Å². The van der Waals surface area contributed by atoms with Crippen LogP contribution in [0.25, 0.3) is 0 Å². The largest absolute Gasteiger partial charge is 0.497 e. The van der Waals surface area contributed by atoms with Crippen molar-refractivity contribution in [3.8, 4) is 5.75 Å². The standard InChI is InChI=1S/C23H28N2O5S2/c1-12-16-9-10-23(3)11-17-19(13(2)18(23)20(16)30-21(12)26)24-22(31-17)25-32(27,28)15-7-5-14(29-4)6-8-15/h5-8,12-13,16,18,20H,9-11H2,1-4H3,(H,24,25). The lowest BCUT2D eigenvalue weighted by Crippen LogP contribution is -2.50. The van der Waals surface area contributed by atoms with E-state index in [0.717, 1.165) is 29.8 Å². The average Bonchev–Trinajstić information content (AvgIpc) is 3.26. The number of hydrogen-bond donors (Lipinski definition) is 1. The van der Waals surface area contributed by atoms with Crippen molar-refractivity contribution in [1.82, 2.24) is 4.98 Å². The molecular weight excluding hydrogens is 448 g/mol. The number of thiazole rings is 1. The molecule has 0 radical (unpaired) electrons. The van der Waals surface area contributed by atoms with Crippen LogP contribution in [0, 0.1) is 23.2 Å². The summed E-state index contributed by atoms with van der Waals surface area (Å²) in [5, 5.41) is 0.383. The molecule has 0 spiro atoms. The summed E-state index contributed by atoms with van der Waals surface area (Å²) >= 11 is 1.42. The summed E-state index contributed by atoms with van der Waals surface area (Å²) in [7, 11) is -2.21. The highest BCUT2D eigenvalue weighted by Crippen LogP contribution is 2.59. The lowest BCUT2D eigenvalue weighted by Gasteiger charge is -2.51. The molecule has 2 heterocycles. The zero-order valence-electron chi connectivity index (χ0n) is 18.6. The van der Waals surface area contributed by atoms with Gasteiger partial charge in [-0.3, -0.25) is 9.52 Å². The van der Waals surface area contributed by atoms with Crippen LogP contribution in [0.3, 0.4) is 0 Å². The van der Waals surface area contributed by atoms with Crippen molar-refractivity contribution < 1.29 is 22.7 Å². The van der Waals surface area contributed by atoms with Crippen LogP contribution in [-0.4, -0.2) is 32.6 Å². The van der Waals surface area contributed by atoms with Crippen LogP contribution in [0.1, 0.15) is 50.1 Å². The molecule has 1 saturated heterocycles. The Balaban J connectivity index is 1.43. The molecule has 1 aromatic heterocycles. The smallest absolute Gasteiger partial charge is 0.309 e. The van der Waals surface area contributed by atoms with Crippen LogP contribution in [-0.2, 0) is 26.0 Å². The first-order valence-corrected chi connectivity index (χ1v) is 13.3. The maximum Gasteiger partial charge on any atom is 0.309 e. The fourth-order valence-corrected chi connectivity index (χ4v) is 8.55. The Labute approximate surface area is 192 Å². The number of fused-ring (bicyclic) bond motifs is 4. The zero-order chi connectivity index (χ0) is 22.8. The summed E-state index contributed by atoms with van der Waals surface area (Å²) in [4.78, 5) is 18.3. The van der Waals surface area contributed by atoms with Gasteiger partial charge in [0.25, 0.3) is 10.0 Å². The highest BCUT2D eigenvalue weighted by atomic mass is 32.2. The fraction of sp³-hybridized carbons (Fsp3) is 0.565. The fourth-order valence-electron chi connectivity index (χ4n) is 6.05. The third-order valence-electron chi connectivity index (χ3n) is 7.75. The van der Waals surface area contributed by atoms with E-state index >= 15 is 0 Å². The monoisotopic (exact) mass is 476 g/mol. The minimum atomic E-state index is -3.75. The first-order chi connectivity index (χ1) is 15.1. The molecule has 7 nitrogen and oxygen atoms in total. The van der Waals surface area contributed by atoms with Crippen LogP contribution in [0.4, 0.5) is 5.13 Å². The molecule has 5 rings (SSSR count). The van der Waals surface area contributed by atoms with Gasteiger partial charge in [-0.1, -0.05) is 20.8 Å². The summed E-state index contributed by atoms with van der Waals surface area (Å²) in [5.74, 6) is 0.990. The molecule has 32 heavy (non-hydrogen) atoms. The number of methoxy groups -OCH3 is 1. The van der Waals surface area contributed by atoms with Crippen LogP contribution < -0.4 is 9.46 Å². The molecule has 2 aliphatic carbocycles. The third-order valence-corrected chi connectivity index (χ3v) is 10.2. The Morgan fingerprint density at radius 2 is 1.94 bits per heavy atom. The molecule has 1 aliphatic heterocycles. The van der Waals surface area contributed by atoms with Gasteiger partial charge < -0.3 is 9.47 Å². The molecule has 1 N–H and O–H groups in total. The van der Waals surface area contributed by atoms with Gasteiger partial charge in [0.15, 0.2) is 5.13 Å². The van der Waals surface area contributed by atoms with E-state index in [1.54, 1.807) is 12.1 Å². The minimum absolute atomic E-state index is 0.0105. The summed E-state index contributed by atoms with van der Waals surface area (Å²) in [5.41, 5.74) is 0.942. The Hall–Kier alpha value is -2.13. The predicted octanol–water partition coefficient (Wildman–Crippen LogP) is 4.21. The molecule has 2 aromatic rings. The number of hydrogen-bond acceptors (Lipinski definition) is 7. The second kappa shape index (κ2) is 7.45. The van der Waals surface area contributed by atoms with Crippen molar-refractivity contribution in [1.29, 1.82) is 0 Å². The lowest BCUT2D eigenvalue weighted by molar-refractivity contribution is -0.149. The molecule has 0 bridgehead atoms. The number of anilines is 1. The summed E-state index contributed by atoms with van der Waals surface area (Å²) in [6.45, 7) is 6.40. The van der Waals surface area contributed by atoms with Crippen molar-refractivity contribution in [3.63, 3.8) is 0 Å². The van der Waals surface area contributed by atoms with Gasteiger partial charge in [-0.05, 0) is 48.9 Å². The number of benzene rings is 1. The highest BCUT2D eigenvalue weighted by molar-refractivity contribution is 7.93. The van der Waals surface area contributed by atoms with Gasteiger partial charge in [-0.2, -0.15) is 0 Å². The molecule has 3 aliphatic rings. The number of carbonyl (C=O) groups excluding carboxylic acids is 1. The average molecular weight is 477 g/mol. The number of nitrogens with one attached hydrogen (secondary N) is 1. The van der Waals surface area contributed by atoms with Gasteiger partial charge in [0.2, 0.25) is 0 Å². The van der Waals surface area contributed by atoms with E-state index < -0.39 is 10.0 Å². The Kier molecular flexibility index (Phi) is 5.05. The predicted molar refractivity (Wildman–Crippen MR) is 121 cm³/mol. The third kappa shape index (κ3) is 3.32. The number of nitrogens with zero attached hydrogens (tertiary/aromatic N) is 1. The second-order valence-electron chi connectivity index (χ2n) is 9.65. The van der Waals surface area contributed by atoms with Gasteiger partial charge >= 0.3 is 5.97 Å². The Morgan fingerprint density at radius 1 is 1.22 bits per heavy atom. The van der Waals surface area contributed by atoms with Gasteiger partial charge in [-0.25, -0.2) is 13.4 Å². The van der Waals surface area contributed by atoms with Crippen LogP contribution >= 0.6 is 11.3 Å². The quantitative estimate of drug-likeness (QED) is 0.665. The number of sulfonamides is 1. The number of esters is 1. The van der Waals surface area contributed by atoms with E-state index in [1.807, 2.05) is 6.92 Å². The Bertz CT molecular complexity index is 1160. The van der Waals surface area contributed by atoms with Crippen molar-refractivity contribution >= 4 is 32.5 Å². The number of aromatic nitrogens is 1. The van der Waals surface area contributed by atoms with Crippen LogP contribution in [0.2, 0.25) is 0 Å². The summed E-state index contributed by atoms with van der Waals surface area (Å²) in [6, 6.07) is 6.27. The molecule has 6 unspecified atom stereocenters. The van der Waals surface area contributed by atoms with Gasteiger partial charge in [-0.15, -0.1) is 11.3 Å². The lowest BCUT2D eigenvalue weighted by atomic mass is 9.54. The van der Waals surface area contributed by atoms with Crippen molar-refractivity contribution in [2.75, 3.05) is 11.8 Å².